The van der Waals surface area contributed by atoms with Gasteiger partial charge in [-0.1, -0.05) is 29.3 Å². The Balaban J connectivity index is 1.94. The van der Waals surface area contributed by atoms with Crippen LogP contribution in [0.4, 0.5) is 0 Å². The van der Waals surface area contributed by atoms with Crippen LogP contribution in [0.1, 0.15) is 5.56 Å². The molecule has 7 heteroatoms. The molecule has 0 atom stereocenters. The minimum Gasteiger partial charge on any atom is -0.492 e. The number of likely N-dealkylation sites (N-methyl/N-ethyl adjacent to an activating group) is 1. The van der Waals surface area contributed by atoms with E-state index >= 15 is 0 Å². The number of nitrogens with zero attached hydrogens (tertiary/aromatic N) is 2. The molecule has 0 saturated heterocycles. The lowest BCUT2D eigenvalue weighted by Crippen LogP contribution is -2.31. The van der Waals surface area contributed by atoms with Gasteiger partial charge in [-0.25, -0.2) is 13.4 Å². The number of rotatable bonds is 6. The number of halogens is 1. The van der Waals surface area contributed by atoms with E-state index in [9.17, 15) is 8.42 Å². The first-order valence-electron chi connectivity index (χ1n) is 6.67. The van der Waals surface area contributed by atoms with E-state index in [1.165, 1.54) is 29.7 Å². The lowest BCUT2D eigenvalue weighted by molar-refractivity contribution is 0.287. The Morgan fingerprint density at radius 1 is 1.18 bits per heavy atom. The molecule has 0 aliphatic heterocycles. The number of benzene rings is 1. The summed E-state index contributed by atoms with van der Waals surface area (Å²) < 4.78 is 31.4. The molecule has 1 aromatic carbocycles. The van der Waals surface area contributed by atoms with Crippen LogP contribution in [-0.4, -0.2) is 37.9 Å². The van der Waals surface area contributed by atoms with Crippen molar-refractivity contribution in [2.24, 2.45) is 0 Å². The number of aryl methyl sites for hydroxylation is 1. The van der Waals surface area contributed by atoms with Gasteiger partial charge in [0.25, 0.3) is 0 Å². The van der Waals surface area contributed by atoms with E-state index in [0.29, 0.717) is 5.75 Å². The molecule has 0 spiro atoms. The van der Waals surface area contributed by atoms with E-state index in [4.69, 9.17) is 16.3 Å². The first kappa shape index (κ1) is 16.7. The highest BCUT2D eigenvalue weighted by molar-refractivity contribution is 7.89. The predicted molar refractivity (Wildman–Crippen MR) is 85.7 cm³/mol. The van der Waals surface area contributed by atoms with Gasteiger partial charge in [0.15, 0.2) is 0 Å². The van der Waals surface area contributed by atoms with E-state index < -0.39 is 10.0 Å². The molecule has 0 aliphatic carbocycles. The molecule has 0 aliphatic rings. The van der Waals surface area contributed by atoms with E-state index in [0.717, 1.165) is 5.56 Å². The molecular formula is C15H17ClN2O3S. The zero-order valence-electron chi connectivity index (χ0n) is 12.4. The average molecular weight is 341 g/mol. The lowest BCUT2D eigenvalue weighted by Gasteiger charge is -2.17. The Morgan fingerprint density at radius 2 is 1.86 bits per heavy atom. The maximum absolute atomic E-state index is 12.3. The monoisotopic (exact) mass is 340 g/mol. The van der Waals surface area contributed by atoms with Gasteiger partial charge in [0.1, 0.15) is 22.4 Å². The summed E-state index contributed by atoms with van der Waals surface area (Å²) in [5, 5.41) is 0.254. The highest BCUT2D eigenvalue weighted by Crippen LogP contribution is 2.15. The second-order valence-corrected chi connectivity index (χ2v) is 7.24. The molecule has 0 N–H and O–H groups in total. The van der Waals surface area contributed by atoms with Crippen LogP contribution in [0.15, 0.2) is 47.5 Å². The van der Waals surface area contributed by atoms with Crippen LogP contribution in [0.5, 0.6) is 5.75 Å². The molecule has 0 bridgehead atoms. The highest BCUT2D eigenvalue weighted by Gasteiger charge is 2.20. The molecule has 2 aromatic rings. The molecule has 118 valence electrons. The van der Waals surface area contributed by atoms with E-state index in [1.54, 1.807) is 0 Å². The van der Waals surface area contributed by atoms with Crippen LogP contribution in [0.2, 0.25) is 5.15 Å². The smallest absolute Gasteiger partial charge is 0.244 e. The second kappa shape index (κ2) is 7.09. The zero-order valence-corrected chi connectivity index (χ0v) is 13.9. The average Bonchev–Trinajstić information content (AvgIpc) is 2.49. The topological polar surface area (TPSA) is 59.5 Å². The fraction of sp³-hybridized carbons (Fsp3) is 0.267. The Bertz CT molecular complexity index is 715. The molecule has 0 amide bonds. The number of ether oxygens (including phenoxy) is 1. The van der Waals surface area contributed by atoms with Crippen molar-refractivity contribution >= 4 is 21.6 Å². The van der Waals surface area contributed by atoms with Gasteiger partial charge >= 0.3 is 0 Å². The number of hydrogen-bond donors (Lipinski definition) is 0. The Morgan fingerprint density at radius 3 is 2.45 bits per heavy atom. The quantitative estimate of drug-likeness (QED) is 0.759. The summed E-state index contributed by atoms with van der Waals surface area (Å²) in [6.45, 7) is 2.49. The van der Waals surface area contributed by atoms with Crippen LogP contribution in [-0.2, 0) is 10.0 Å². The van der Waals surface area contributed by atoms with Crippen LogP contribution in [0.3, 0.4) is 0 Å². The third kappa shape index (κ3) is 4.19. The van der Waals surface area contributed by atoms with E-state index in [1.807, 2.05) is 31.2 Å². The molecule has 1 heterocycles. The Kier molecular flexibility index (Phi) is 5.39. The third-order valence-electron chi connectivity index (χ3n) is 3.10. The molecule has 0 unspecified atom stereocenters. The van der Waals surface area contributed by atoms with Crippen LogP contribution in [0, 0.1) is 6.92 Å². The van der Waals surface area contributed by atoms with Crippen molar-refractivity contribution in [1.29, 1.82) is 0 Å². The van der Waals surface area contributed by atoms with E-state index in [-0.39, 0.29) is 23.2 Å². The van der Waals surface area contributed by atoms with Gasteiger partial charge in [0.2, 0.25) is 10.0 Å². The van der Waals surface area contributed by atoms with Crippen LogP contribution < -0.4 is 4.74 Å². The lowest BCUT2D eigenvalue weighted by atomic mass is 10.2. The van der Waals surface area contributed by atoms with Crippen molar-refractivity contribution in [2.75, 3.05) is 20.2 Å². The van der Waals surface area contributed by atoms with Crippen molar-refractivity contribution in [1.82, 2.24) is 9.29 Å². The summed E-state index contributed by atoms with van der Waals surface area (Å²) in [5.41, 5.74) is 1.14. The molecule has 5 nitrogen and oxygen atoms in total. The summed E-state index contributed by atoms with van der Waals surface area (Å²) in [4.78, 5) is 3.90. The summed E-state index contributed by atoms with van der Waals surface area (Å²) >= 11 is 5.66. The Hall–Kier alpha value is -1.63. The molecule has 0 saturated carbocycles. The molecule has 2 rings (SSSR count). The SMILES string of the molecule is Cc1ccc(OCCN(C)S(=O)(=O)c2ccc(Cl)nc2)cc1. The van der Waals surface area contributed by atoms with Crippen LogP contribution >= 0.6 is 11.6 Å². The molecule has 0 radical (unpaired) electrons. The summed E-state index contributed by atoms with van der Waals surface area (Å²) in [5.74, 6) is 0.713. The van der Waals surface area contributed by atoms with Gasteiger partial charge in [-0.3, -0.25) is 0 Å². The van der Waals surface area contributed by atoms with Crippen molar-refractivity contribution in [3.8, 4) is 5.75 Å². The first-order chi connectivity index (χ1) is 10.4. The van der Waals surface area contributed by atoms with Gasteiger partial charge in [-0.05, 0) is 31.2 Å². The Labute approximate surface area is 135 Å². The fourth-order valence-corrected chi connectivity index (χ4v) is 2.95. The van der Waals surface area contributed by atoms with Gasteiger partial charge in [0, 0.05) is 19.8 Å². The van der Waals surface area contributed by atoms with Crippen molar-refractivity contribution in [2.45, 2.75) is 11.8 Å². The molecule has 0 fully saturated rings. The van der Waals surface area contributed by atoms with Gasteiger partial charge < -0.3 is 4.74 Å². The molecule has 22 heavy (non-hydrogen) atoms. The summed E-state index contributed by atoms with van der Waals surface area (Å²) in [7, 11) is -2.08. The normalized spacial score (nSPS) is 11.6. The molecule has 1 aromatic heterocycles. The first-order valence-corrected chi connectivity index (χ1v) is 8.49. The predicted octanol–water partition coefficient (Wildman–Crippen LogP) is 2.74. The van der Waals surface area contributed by atoms with Crippen molar-refractivity contribution in [3.63, 3.8) is 0 Å². The number of pyridine rings is 1. The van der Waals surface area contributed by atoms with E-state index in [2.05, 4.69) is 4.98 Å². The van der Waals surface area contributed by atoms with Crippen molar-refractivity contribution < 1.29 is 13.2 Å². The van der Waals surface area contributed by atoms with Crippen molar-refractivity contribution in [3.05, 3.63) is 53.3 Å². The largest absolute Gasteiger partial charge is 0.492 e. The fourth-order valence-electron chi connectivity index (χ4n) is 1.74. The minimum atomic E-state index is -3.58. The maximum atomic E-state index is 12.3. The highest BCUT2D eigenvalue weighted by atomic mass is 35.5. The third-order valence-corrected chi connectivity index (χ3v) is 5.17. The number of hydrogen-bond acceptors (Lipinski definition) is 4. The van der Waals surface area contributed by atoms with Gasteiger partial charge in [0.05, 0.1) is 0 Å². The summed E-state index contributed by atoms with van der Waals surface area (Å²) in [6, 6.07) is 10.5. The van der Waals surface area contributed by atoms with Crippen LogP contribution in [0.25, 0.3) is 0 Å². The zero-order chi connectivity index (χ0) is 16.2. The van der Waals surface area contributed by atoms with Gasteiger partial charge in [-0.2, -0.15) is 4.31 Å². The molecular weight excluding hydrogens is 324 g/mol. The number of sulfonamides is 1. The van der Waals surface area contributed by atoms with Gasteiger partial charge in [-0.15, -0.1) is 0 Å². The summed E-state index contributed by atoms with van der Waals surface area (Å²) in [6.07, 6.45) is 1.25. The standard InChI is InChI=1S/C15H17ClN2O3S/c1-12-3-5-13(6-4-12)21-10-9-18(2)22(19,20)14-7-8-15(16)17-11-14/h3-8,11H,9-10H2,1-2H3. The second-order valence-electron chi connectivity index (χ2n) is 4.80. The maximum Gasteiger partial charge on any atom is 0.244 e. The number of aromatic nitrogens is 1. The minimum absolute atomic E-state index is 0.106.